The van der Waals surface area contributed by atoms with E-state index in [1.807, 2.05) is 6.20 Å². The molecule has 3 N–H and O–H groups in total. The summed E-state index contributed by atoms with van der Waals surface area (Å²) in [4.78, 5) is 2.51. The number of nitrogens with zero attached hydrogens (tertiary/aromatic N) is 2. The molecule has 5 heteroatoms. The van der Waals surface area contributed by atoms with E-state index >= 15 is 0 Å². The average Bonchev–Trinajstić information content (AvgIpc) is 3.02. The van der Waals surface area contributed by atoms with Crippen molar-refractivity contribution in [2.75, 3.05) is 18.5 Å². The number of benzene rings is 1. The van der Waals surface area contributed by atoms with Crippen LogP contribution in [0.3, 0.4) is 0 Å². The molecule has 21 heavy (non-hydrogen) atoms. The van der Waals surface area contributed by atoms with Gasteiger partial charge in [-0.25, -0.2) is 0 Å². The first-order valence-corrected chi connectivity index (χ1v) is 7.90. The van der Waals surface area contributed by atoms with Crippen molar-refractivity contribution in [2.45, 2.75) is 43.8 Å². The molecule has 112 valence electrons. The number of aromatic amines is 1. The number of nitrogens with one attached hydrogen (secondary N) is 2. The third-order valence-corrected chi connectivity index (χ3v) is 5.05. The molecule has 2 aromatic rings. The molecule has 0 saturated carbocycles. The summed E-state index contributed by atoms with van der Waals surface area (Å²) in [6.07, 6.45) is 6.79. The monoisotopic (exact) mass is 286 g/mol. The van der Waals surface area contributed by atoms with Crippen LogP contribution in [0.2, 0.25) is 0 Å². The molecule has 2 aliphatic rings. The van der Waals surface area contributed by atoms with Crippen molar-refractivity contribution in [3.63, 3.8) is 0 Å². The maximum Gasteiger partial charge on any atom is 0.0651 e. The summed E-state index contributed by atoms with van der Waals surface area (Å²) < 4.78 is 0. The highest BCUT2D eigenvalue weighted by atomic mass is 16.3. The van der Waals surface area contributed by atoms with Gasteiger partial charge >= 0.3 is 0 Å². The summed E-state index contributed by atoms with van der Waals surface area (Å²) in [7, 11) is 0. The molecule has 0 radical (unpaired) electrons. The molecule has 2 unspecified atom stereocenters. The summed E-state index contributed by atoms with van der Waals surface area (Å²) in [5.74, 6) is 0. The van der Waals surface area contributed by atoms with E-state index in [0.29, 0.717) is 18.1 Å². The third-order valence-electron chi connectivity index (χ3n) is 5.05. The molecular formula is C16H22N4O. The van der Waals surface area contributed by atoms with Crippen LogP contribution in [0.1, 0.15) is 25.7 Å². The zero-order valence-electron chi connectivity index (χ0n) is 12.1. The molecule has 2 atom stereocenters. The SMILES string of the molecule is OCCN1C2CCC1CC(Nc1ccc3[nH]ncc3c1)C2. The number of aliphatic hydroxyl groups is 1. The van der Waals surface area contributed by atoms with E-state index in [1.54, 1.807) is 0 Å². The average molecular weight is 286 g/mol. The Morgan fingerprint density at radius 2 is 2.10 bits per heavy atom. The Kier molecular flexibility index (Phi) is 3.31. The predicted octanol–water partition coefficient (Wildman–Crippen LogP) is 1.96. The second-order valence-electron chi connectivity index (χ2n) is 6.33. The van der Waals surface area contributed by atoms with Gasteiger partial charge in [-0.15, -0.1) is 0 Å². The molecule has 2 fully saturated rings. The topological polar surface area (TPSA) is 64.2 Å². The molecule has 0 spiro atoms. The van der Waals surface area contributed by atoms with E-state index in [1.165, 1.54) is 31.4 Å². The van der Waals surface area contributed by atoms with Gasteiger partial charge in [0.2, 0.25) is 0 Å². The molecule has 4 rings (SSSR count). The number of aliphatic hydroxyl groups excluding tert-OH is 1. The maximum absolute atomic E-state index is 9.20. The fourth-order valence-corrected chi connectivity index (χ4v) is 4.14. The standard InChI is InChI=1S/C16H22N4O/c21-6-5-20-14-2-3-15(20)9-13(8-14)18-12-1-4-16-11(7-12)10-17-19-16/h1,4,7,10,13-15,18,21H,2-3,5-6,8-9H2,(H,17,19). The molecule has 5 nitrogen and oxygen atoms in total. The lowest BCUT2D eigenvalue weighted by Crippen LogP contribution is -2.47. The molecule has 0 aliphatic carbocycles. The Bertz CT molecular complexity index is 612. The Morgan fingerprint density at radius 1 is 1.29 bits per heavy atom. The highest BCUT2D eigenvalue weighted by Crippen LogP contribution is 2.36. The smallest absolute Gasteiger partial charge is 0.0651 e. The summed E-state index contributed by atoms with van der Waals surface area (Å²) in [5, 5.41) is 21.1. The lowest BCUT2D eigenvalue weighted by Gasteiger charge is -2.39. The minimum Gasteiger partial charge on any atom is -0.395 e. The Labute approximate surface area is 124 Å². The number of rotatable bonds is 4. The van der Waals surface area contributed by atoms with Gasteiger partial charge in [0.25, 0.3) is 0 Å². The van der Waals surface area contributed by atoms with Crippen LogP contribution in [0.25, 0.3) is 10.9 Å². The summed E-state index contributed by atoms with van der Waals surface area (Å²) in [5.41, 5.74) is 2.27. The summed E-state index contributed by atoms with van der Waals surface area (Å²) >= 11 is 0. The first kappa shape index (κ1) is 13.1. The molecule has 3 heterocycles. The van der Waals surface area contributed by atoms with Crippen LogP contribution in [0, 0.1) is 0 Å². The fourth-order valence-electron chi connectivity index (χ4n) is 4.14. The van der Waals surface area contributed by atoms with Crippen molar-refractivity contribution in [3.8, 4) is 0 Å². The van der Waals surface area contributed by atoms with E-state index in [-0.39, 0.29) is 6.61 Å². The van der Waals surface area contributed by atoms with E-state index in [9.17, 15) is 5.11 Å². The van der Waals surface area contributed by atoms with Gasteiger partial charge in [-0.3, -0.25) is 10.00 Å². The van der Waals surface area contributed by atoms with Crippen molar-refractivity contribution in [3.05, 3.63) is 24.4 Å². The number of aromatic nitrogens is 2. The van der Waals surface area contributed by atoms with Gasteiger partial charge in [0.15, 0.2) is 0 Å². The van der Waals surface area contributed by atoms with E-state index in [4.69, 9.17) is 0 Å². The van der Waals surface area contributed by atoms with Gasteiger partial charge in [0.1, 0.15) is 0 Å². The fraction of sp³-hybridized carbons (Fsp3) is 0.562. The molecule has 2 bridgehead atoms. The minimum absolute atomic E-state index is 0.280. The number of hydrogen-bond donors (Lipinski definition) is 3. The van der Waals surface area contributed by atoms with Crippen LogP contribution >= 0.6 is 0 Å². The van der Waals surface area contributed by atoms with Gasteiger partial charge in [0.05, 0.1) is 18.3 Å². The van der Waals surface area contributed by atoms with Crippen molar-refractivity contribution in [1.29, 1.82) is 0 Å². The highest BCUT2D eigenvalue weighted by Gasteiger charge is 2.40. The number of H-pyrrole nitrogens is 1. The number of fused-ring (bicyclic) bond motifs is 3. The van der Waals surface area contributed by atoms with Crippen molar-refractivity contribution < 1.29 is 5.11 Å². The van der Waals surface area contributed by atoms with Crippen LogP contribution in [-0.4, -0.2) is 51.5 Å². The van der Waals surface area contributed by atoms with E-state index in [0.717, 1.165) is 17.4 Å². The molecule has 1 aromatic heterocycles. The van der Waals surface area contributed by atoms with Crippen LogP contribution in [0.15, 0.2) is 24.4 Å². The zero-order valence-corrected chi connectivity index (χ0v) is 12.1. The summed E-state index contributed by atoms with van der Waals surface area (Å²) in [6, 6.07) is 8.21. The van der Waals surface area contributed by atoms with Gasteiger partial charge in [0, 0.05) is 35.7 Å². The molecule has 2 aliphatic heterocycles. The van der Waals surface area contributed by atoms with Crippen LogP contribution in [0.4, 0.5) is 5.69 Å². The van der Waals surface area contributed by atoms with Gasteiger partial charge in [-0.2, -0.15) is 5.10 Å². The third kappa shape index (κ3) is 2.40. The largest absolute Gasteiger partial charge is 0.395 e. The van der Waals surface area contributed by atoms with Crippen molar-refractivity contribution >= 4 is 16.6 Å². The molecule has 1 aromatic carbocycles. The lowest BCUT2D eigenvalue weighted by atomic mass is 9.97. The Hall–Kier alpha value is -1.59. The molecule has 0 amide bonds. The predicted molar refractivity (Wildman–Crippen MR) is 83.3 cm³/mol. The van der Waals surface area contributed by atoms with Crippen LogP contribution in [0.5, 0.6) is 0 Å². The highest BCUT2D eigenvalue weighted by molar-refractivity contribution is 5.81. The summed E-state index contributed by atoms with van der Waals surface area (Å²) in [6.45, 7) is 1.12. The lowest BCUT2D eigenvalue weighted by molar-refractivity contribution is 0.104. The van der Waals surface area contributed by atoms with E-state index in [2.05, 4.69) is 38.6 Å². The first-order chi connectivity index (χ1) is 10.3. The van der Waals surface area contributed by atoms with Crippen LogP contribution < -0.4 is 5.32 Å². The van der Waals surface area contributed by atoms with Gasteiger partial charge < -0.3 is 10.4 Å². The number of anilines is 1. The van der Waals surface area contributed by atoms with Crippen molar-refractivity contribution in [2.24, 2.45) is 0 Å². The minimum atomic E-state index is 0.280. The molecular weight excluding hydrogens is 264 g/mol. The molecule has 2 saturated heterocycles. The Morgan fingerprint density at radius 3 is 2.86 bits per heavy atom. The van der Waals surface area contributed by atoms with Gasteiger partial charge in [-0.05, 0) is 43.9 Å². The maximum atomic E-state index is 9.20. The number of piperidine rings is 1. The van der Waals surface area contributed by atoms with E-state index < -0.39 is 0 Å². The zero-order chi connectivity index (χ0) is 14.2. The van der Waals surface area contributed by atoms with Crippen molar-refractivity contribution in [1.82, 2.24) is 15.1 Å². The second-order valence-corrected chi connectivity index (χ2v) is 6.33. The quantitative estimate of drug-likeness (QED) is 0.804. The Balaban J connectivity index is 1.46. The van der Waals surface area contributed by atoms with Gasteiger partial charge in [-0.1, -0.05) is 0 Å². The second kappa shape index (κ2) is 5.31. The number of hydrogen-bond acceptors (Lipinski definition) is 4. The van der Waals surface area contributed by atoms with Crippen LogP contribution in [-0.2, 0) is 0 Å². The first-order valence-electron chi connectivity index (χ1n) is 7.90. The normalized spacial score (nSPS) is 29.1.